The number of aryl methyl sites for hydroxylation is 1. The van der Waals surface area contributed by atoms with Crippen molar-refractivity contribution in [1.29, 1.82) is 0 Å². The minimum Gasteiger partial charge on any atom is -0.385 e. The maximum absolute atomic E-state index is 13.3. The van der Waals surface area contributed by atoms with E-state index in [0.717, 1.165) is 84.3 Å². The molecule has 3 heterocycles. The molecule has 0 bridgehead atoms. The van der Waals surface area contributed by atoms with Crippen LogP contribution in [0.2, 0.25) is 0 Å². The minimum absolute atomic E-state index is 0.108. The second-order valence-corrected chi connectivity index (χ2v) is 9.52. The molecule has 2 aliphatic heterocycles. The van der Waals surface area contributed by atoms with E-state index in [9.17, 15) is 4.79 Å². The van der Waals surface area contributed by atoms with Crippen LogP contribution in [0, 0.1) is 6.92 Å². The molecule has 1 atom stereocenters. The summed E-state index contributed by atoms with van der Waals surface area (Å²) in [6, 6.07) is 14.3. The Hall–Kier alpha value is -3.16. The summed E-state index contributed by atoms with van der Waals surface area (Å²) in [5.74, 6) is 0.645. The van der Waals surface area contributed by atoms with Gasteiger partial charge in [0.05, 0.1) is 23.9 Å². The summed E-state index contributed by atoms with van der Waals surface area (Å²) in [5, 5.41) is 1.01. The van der Waals surface area contributed by atoms with E-state index >= 15 is 0 Å². The predicted molar refractivity (Wildman–Crippen MR) is 140 cm³/mol. The van der Waals surface area contributed by atoms with Crippen molar-refractivity contribution in [2.75, 3.05) is 57.1 Å². The molecule has 0 saturated carbocycles. The lowest BCUT2D eigenvalue weighted by atomic mass is 9.93. The Morgan fingerprint density at radius 3 is 2.80 bits per heavy atom. The third-order valence-corrected chi connectivity index (χ3v) is 7.13. The zero-order chi connectivity index (χ0) is 24.4. The number of hydrogen-bond acceptors (Lipinski definition) is 6. The zero-order valence-electron chi connectivity index (χ0n) is 20.6. The summed E-state index contributed by atoms with van der Waals surface area (Å²) in [5.41, 5.74) is 12.1. The van der Waals surface area contributed by atoms with E-state index in [4.69, 9.17) is 20.2 Å². The van der Waals surface area contributed by atoms with Crippen LogP contribution in [0.4, 0.5) is 11.5 Å². The number of methoxy groups -OCH3 is 1. The van der Waals surface area contributed by atoms with E-state index in [1.54, 1.807) is 7.11 Å². The maximum Gasteiger partial charge on any atom is 0.254 e. The Bertz CT molecular complexity index is 1220. The molecule has 3 aromatic rings. The van der Waals surface area contributed by atoms with Gasteiger partial charge in [0.25, 0.3) is 5.91 Å². The molecule has 1 unspecified atom stereocenters. The first-order chi connectivity index (χ1) is 17.0. The minimum atomic E-state index is 0.108. The van der Waals surface area contributed by atoms with Gasteiger partial charge in [-0.2, -0.15) is 0 Å². The first-order valence-corrected chi connectivity index (χ1v) is 12.5. The summed E-state index contributed by atoms with van der Waals surface area (Å²) < 4.78 is 11.1. The number of nitrogens with two attached hydrogens (primary N) is 1. The van der Waals surface area contributed by atoms with Gasteiger partial charge >= 0.3 is 0 Å². The predicted octanol–water partition coefficient (Wildman–Crippen LogP) is 4.27. The van der Waals surface area contributed by atoms with Gasteiger partial charge in [0, 0.05) is 50.8 Å². The number of fused-ring (bicyclic) bond motifs is 1. The summed E-state index contributed by atoms with van der Waals surface area (Å²) in [6.07, 6.45) is 3.11. The molecule has 5 rings (SSSR count). The first kappa shape index (κ1) is 23.6. The second-order valence-electron chi connectivity index (χ2n) is 9.52. The number of amides is 1. The number of rotatable bonds is 6. The normalized spacial score (nSPS) is 18.4. The number of carbonyl (C=O) groups is 1. The van der Waals surface area contributed by atoms with Crippen LogP contribution < -0.4 is 10.6 Å². The zero-order valence-corrected chi connectivity index (χ0v) is 20.6. The number of ether oxygens (including phenoxy) is 2. The Kier molecular flexibility index (Phi) is 6.88. The molecule has 0 radical (unpaired) electrons. The number of nitrogen functional groups attached to an aromatic ring is 1. The monoisotopic (exact) mass is 474 g/mol. The van der Waals surface area contributed by atoms with Gasteiger partial charge in [-0.15, -0.1) is 0 Å². The van der Waals surface area contributed by atoms with Gasteiger partial charge in [-0.05, 0) is 67.1 Å². The SMILES string of the molecule is COCCC1CN(c2cc3cc(-c4c(C)cccc4C(=O)N4CCCC4)ccc3nc2N)CCO1. The van der Waals surface area contributed by atoms with Crippen molar-refractivity contribution in [3.05, 3.63) is 53.6 Å². The molecule has 7 heteroatoms. The van der Waals surface area contributed by atoms with E-state index in [-0.39, 0.29) is 12.0 Å². The number of pyridine rings is 1. The number of carbonyl (C=O) groups excluding carboxylic acids is 1. The van der Waals surface area contributed by atoms with Gasteiger partial charge in [0.2, 0.25) is 0 Å². The van der Waals surface area contributed by atoms with Crippen LogP contribution in [0.1, 0.15) is 35.2 Å². The molecule has 7 nitrogen and oxygen atoms in total. The molecule has 0 aliphatic carbocycles. The molecule has 2 aromatic carbocycles. The van der Waals surface area contributed by atoms with Crippen LogP contribution >= 0.6 is 0 Å². The molecule has 2 fully saturated rings. The van der Waals surface area contributed by atoms with Crippen molar-refractivity contribution in [3.8, 4) is 11.1 Å². The molecular weight excluding hydrogens is 440 g/mol. The number of anilines is 2. The third kappa shape index (κ3) is 4.83. The van der Waals surface area contributed by atoms with Gasteiger partial charge in [-0.1, -0.05) is 18.2 Å². The topological polar surface area (TPSA) is 80.9 Å². The summed E-state index contributed by atoms with van der Waals surface area (Å²) >= 11 is 0. The average molecular weight is 475 g/mol. The van der Waals surface area contributed by atoms with Gasteiger partial charge in [-0.25, -0.2) is 4.98 Å². The Morgan fingerprint density at radius 1 is 1.17 bits per heavy atom. The summed E-state index contributed by atoms with van der Waals surface area (Å²) in [7, 11) is 1.71. The van der Waals surface area contributed by atoms with E-state index in [1.165, 1.54) is 0 Å². The van der Waals surface area contributed by atoms with Crippen LogP contribution in [0.3, 0.4) is 0 Å². The molecule has 1 amide bonds. The van der Waals surface area contributed by atoms with E-state index < -0.39 is 0 Å². The third-order valence-electron chi connectivity index (χ3n) is 7.13. The summed E-state index contributed by atoms with van der Waals surface area (Å²) in [6.45, 7) is 6.59. The molecule has 2 aliphatic rings. The average Bonchev–Trinajstić information content (AvgIpc) is 3.41. The fourth-order valence-electron chi connectivity index (χ4n) is 5.27. The Balaban J connectivity index is 1.51. The Labute approximate surface area is 206 Å². The van der Waals surface area contributed by atoms with Crippen LogP contribution in [-0.2, 0) is 9.47 Å². The van der Waals surface area contributed by atoms with Gasteiger partial charge in [-0.3, -0.25) is 4.79 Å². The fourth-order valence-corrected chi connectivity index (χ4v) is 5.27. The summed E-state index contributed by atoms with van der Waals surface area (Å²) in [4.78, 5) is 22.3. The lowest BCUT2D eigenvalue weighted by Crippen LogP contribution is -2.43. The van der Waals surface area contributed by atoms with Crippen molar-refractivity contribution in [3.63, 3.8) is 0 Å². The van der Waals surface area contributed by atoms with Crippen molar-refractivity contribution < 1.29 is 14.3 Å². The van der Waals surface area contributed by atoms with Crippen LogP contribution in [0.25, 0.3) is 22.0 Å². The smallest absolute Gasteiger partial charge is 0.254 e. The number of hydrogen-bond donors (Lipinski definition) is 1. The second kappa shape index (κ2) is 10.2. The molecule has 184 valence electrons. The van der Waals surface area contributed by atoms with Crippen LogP contribution in [0.15, 0.2) is 42.5 Å². The molecular formula is C28H34N4O3. The van der Waals surface area contributed by atoms with E-state index in [0.29, 0.717) is 19.0 Å². The quantitative estimate of drug-likeness (QED) is 0.575. The van der Waals surface area contributed by atoms with Crippen LogP contribution in [-0.4, -0.2) is 68.4 Å². The molecule has 2 saturated heterocycles. The number of aromatic nitrogens is 1. The van der Waals surface area contributed by atoms with Crippen molar-refractivity contribution in [2.45, 2.75) is 32.3 Å². The number of likely N-dealkylation sites (tertiary alicyclic amines) is 1. The van der Waals surface area contributed by atoms with Gasteiger partial charge in [0.1, 0.15) is 5.82 Å². The largest absolute Gasteiger partial charge is 0.385 e. The standard InChI is InChI=1S/C28H34N4O3/c1-19-6-5-7-23(28(33)31-11-3-4-12-31)26(19)20-8-9-24-21(16-20)17-25(27(29)30-24)32-13-15-35-22(18-32)10-14-34-2/h5-9,16-17,22H,3-4,10-15,18H2,1-2H3,(H2,29,30). The molecule has 0 spiro atoms. The van der Waals surface area contributed by atoms with Crippen molar-refractivity contribution in [1.82, 2.24) is 9.88 Å². The highest BCUT2D eigenvalue weighted by atomic mass is 16.5. The fraction of sp³-hybridized carbons (Fsp3) is 0.429. The number of morpholine rings is 1. The van der Waals surface area contributed by atoms with E-state index in [2.05, 4.69) is 30.0 Å². The highest BCUT2D eigenvalue weighted by Crippen LogP contribution is 2.34. The van der Waals surface area contributed by atoms with Crippen molar-refractivity contribution >= 4 is 28.3 Å². The van der Waals surface area contributed by atoms with Gasteiger partial charge < -0.3 is 25.0 Å². The first-order valence-electron chi connectivity index (χ1n) is 12.5. The highest BCUT2D eigenvalue weighted by molar-refractivity contribution is 6.03. The maximum atomic E-state index is 13.3. The molecule has 35 heavy (non-hydrogen) atoms. The van der Waals surface area contributed by atoms with Crippen LogP contribution in [0.5, 0.6) is 0 Å². The van der Waals surface area contributed by atoms with Crippen molar-refractivity contribution in [2.24, 2.45) is 0 Å². The lowest BCUT2D eigenvalue weighted by molar-refractivity contribution is 0.0192. The number of benzene rings is 2. The van der Waals surface area contributed by atoms with E-state index in [1.807, 2.05) is 29.2 Å². The molecule has 2 N–H and O–H groups in total. The molecule has 1 aromatic heterocycles. The van der Waals surface area contributed by atoms with Gasteiger partial charge in [0.15, 0.2) is 0 Å². The Morgan fingerprint density at radius 2 is 2.00 bits per heavy atom. The lowest BCUT2D eigenvalue weighted by Gasteiger charge is -2.35. The number of nitrogens with zero attached hydrogens (tertiary/aromatic N) is 3. The highest BCUT2D eigenvalue weighted by Gasteiger charge is 2.25.